The van der Waals surface area contributed by atoms with Gasteiger partial charge in [0.1, 0.15) is 5.82 Å². The van der Waals surface area contributed by atoms with Crippen LogP contribution < -0.4 is 5.32 Å². The Morgan fingerprint density at radius 3 is 2.59 bits per heavy atom. The number of carbonyl (C=O) groups excluding carboxylic acids is 1. The zero-order chi connectivity index (χ0) is 15.9. The molecule has 6 heteroatoms. The van der Waals surface area contributed by atoms with Gasteiger partial charge in [-0.3, -0.25) is 10.1 Å². The molecule has 2 aliphatic rings. The molecule has 3 atom stereocenters. The standard InChI is InChI=1S/C16H19F3N2O/c1-10-6-12(11-2-4-13(17)5-3-11)8-21(10)15(22)14-7-16(18,19)9-20-14/h2-5,10,12,14,20H,6-9H2,1H3. The molecule has 0 spiro atoms. The van der Waals surface area contributed by atoms with Gasteiger partial charge in [0, 0.05) is 24.9 Å². The molecule has 2 fully saturated rings. The first-order valence-corrected chi connectivity index (χ1v) is 7.53. The molecule has 0 saturated carbocycles. The molecule has 0 bridgehead atoms. The maximum Gasteiger partial charge on any atom is 0.262 e. The number of amides is 1. The van der Waals surface area contributed by atoms with Gasteiger partial charge in [-0.15, -0.1) is 0 Å². The molecule has 3 unspecified atom stereocenters. The molecule has 120 valence electrons. The number of hydrogen-bond acceptors (Lipinski definition) is 2. The number of likely N-dealkylation sites (tertiary alicyclic amines) is 1. The molecule has 1 aromatic carbocycles. The first kappa shape index (κ1) is 15.3. The summed E-state index contributed by atoms with van der Waals surface area (Å²) >= 11 is 0. The van der Waals surface area contributed by atoms with Crippen LogP contribution in [0.5, 0.6) is 0 Å². The van der Waals surface area contributed by atoms with Crippen LogP contribution in [-0.4, -0.2) is 41.9 Å². The average Bonchev–Trinajstić information content (AvgIpc) is 3.02. The van der Waals surface area contributed by atoms with Gasteiger partial charge >= 0.3 is 0 Å². The van der Waals surface area contributed by atoms with Gasteiger partial charge in [0.2, 0.25) is 5.91 Å². The van der Waals surface area contributed by atoms with Crippen molar-refractivity contribution in [3.8, 4) is 0 Å². The Labute approximate surface area is 127 Å². The number of rotatable bonds is 2. The van der Waals surface area contributed by atoms with E-state index in [0.717, 1.165) is 12.0 Å². The summed E-state index contributed by atoms with van der Waals surface area (Å²) in [6.07, 6.45) is 0.330. The van der Waals surface area contributed by atoms with Gasteiger partial charge in [0.05, 0.1) is 12.6 Å². The highest BCUT2D eigenvalue weighted by molar-refractivity contribution is 5.83. The molecule has 2 saturated heterocycles. The molecular formula is C16H19F3N2O. The summed E-state index contributed by atoms with van der Waals surface area (Å²) in [5.41, 5.74) is 0.980. The fourth-order valence-electron chi connectivity index (χ4n) is 3.40. The Bertz CT molecular complexity index is 561. The molecule has 3 rings (SSSR count). The Balaban J connectivity index is 1.68. The summed E-state index contributed by atoms with van der Waals surface area (Å²) in [5, 5.41) is 2.62. The van der Waals surface area contributed by atoms with Crippen molar-refractivity contribution >= 4 is 5.91 Å². The van der Waals surface area contributed by atoms with Crippen LogP contribution in [0.3, 0.4) is 0 Å². The molecule has 0 aliphatic carbocycles. The second-order valence-corrected chi connectivity index (χ2v) is 6.32. The van der Waals surface area contributed by atoms with Crippen molar-refractivity contribution in [2.75, 3.05) is 13.1 Å². The molecule has 1 N–H and O–H groups in total. The predicted molar refractivity (Wildman–Crippen MR) is 76.3 cm³/mol. The van der Waals surface area contributed by atoms with Crippen LogP contribution in [0.1, 0.15) is 31.2 Å². The molecule has 22 heavy (non-hydrogen) atoms. The normalized spacial score (nSPS) is 30.7. The third-order valence-electron chi connectivity index (χ3n) is 4.61. The maximum atomic E-state index is 13.2. The second-order valence-electron chi connectivity index (χ2n) is 6.32. The number of halogens is 3. The van der Waals surface area contributed by atoms with Crippen molar-refractivity contribution in [1.29, 1.82) is 0 Å². The summed E-state index contributed by atoms with van der Waals surface area (Å²) in [4.78, 5) is 14.1. The van der Waals surface area contributed by atoms with Crippen molar-refractivity contribution in [3.63, 3.8) is 0 Å². The first-order chi connectivity index (χ1) is 10.4. The van der Waals surface area contributed by atoms with E-state index in [1.165, 1.54) is 12.1 Å². The van der Waals surface area contributed by atoms with Gasteiger partial charge in [-0.2, -0.15) is 0 Å². The van der Waals surface area contributed by atoms with E-state index in [9.17, 15) is 18.0 Å². The maximum absolute atomic E-state index is 13.2. The Hall–Kier alpha value is -1.56. The summed E-state index contributed by atoms with van der Waals surface area (Å²) in [6, 6.07) is 5.46. The quantitative estimate of drug-likeness (QED) is 0.910. The van der Waals surface area contributed by atoms with Crippen molar-refractivity contribution < 1.29 is 18.0 Å². The molecular weight excluding hydrogens is 293 g/mol. The Kier molecular flexibility index (Phi) is 3.89. The molecule has 2 aliphatic heterocycles. The van der Waals surface area contributed by atoms with E-state index in [1.54, 1.807) is 17.0 Å². The van der Waals surface area contributed by atoms with Gasteiger partial charge in [0.25, 0.3) is 5.92 Å². The topological polar surface area (TPSA) is 32.3 Å². The highest BCUT2D eigenvalue weighted by Gasteiger charge is 2.45. The number of hydrogen-bond donors (Lipinski definition) is 1. The number of benzene rings is 1. The van der Waals surface area contributed by atoms with E-state index < -0.39 is 24.9 Å². The molecule has 1 aromatic rings. The highest BCUT2D eigenvalue weighted by Crippen LogP contribution is 2.34. The van der Waals surface area contributed by atoms with Gasteiger partial charge in [-0.25, -0.2) is 13.2 Å². The van der Waals surface area contributed by atoms with Crippen molar-refractivity contribution in [3.05, 3.63) is 35.6 Å². The minimum absolute atomic E-state index is 0.00132. The number of nitrogens with one attached hydrogen (secondary N) is 1. The van der Waals surface area contributed by atoms with E-state index in [2.05, 4.69) is 5.32 Å². The van der Waals surface area contributed by atoms with Crippen LogP contribution in [0.15, 0.2) is 24.3 Å². The molecule has 3 nitrogen and oxygen atoms in total. The van der Waals surface area contributed by atoms with E-state index in [0.29, 0.717) is 6.54 Å². The summed E-state index contributed by atoms with van der Waals surface area (Å²) in [5.74, 6) is -3.23. The zero-order valence-electron chi connectivity index (χ0n) is 12.4. The minimum atomic E-state index is -2.81. The Morgan fingerprint density at radius 2 is 2.00 bits per heavy atom. The second kappa shape index (κ2) is 5.57. The summed E-state index contributed by atoms with van der Waals surface area (Å²) < 4.78 is 39.5. The van der Waals surface area contributed by atoms with Gasteiger partial charge < -0.3 is 4.90 Å². The third-order valence-corrected chi connectivity index (χ3v) is 4.61. The zero-order valence-corrected chi connectivity index (χ0v) is 12.4. The van der Waals surface area contributed by atoms with Crippen LogP contribution >= 0.6 is 0 Å². The van der Waals surface area contributed by atoms with Gasteiger partial charge in [0.15, 0.2) is 0 Å². The molecule has 0 aromatic heterocycles. The minimum Gasteiger partial charge on any atom is -0.338 e. The SMILES string of the molecule is CC1CC(c2ccc(F)cc2)CN1C(=O)C1CC(F)(F)CN1. The lowest BCUT2D eigenvalue weighted by atomic mass is 9.97. The Morgan fingerprint density at radius 1 is 1.32 bits per heavy atom. The van der Waals surface area contributed by atoms with Crippen LogP contribution in [-0.2, 0) is 4.79 Å². The van der Waals surface area contributed by atoms with Crippen molar-refractivity contribution in [2.24, 2.45) is 0 Å². The van der Waals surface area contributed by atoms with E-state index in [-0.39, 0.29) is 23.7 Å². The third kappa shape index (κ3) is 2.97. The summed E-state index contributed by atoms with van der Waals surface area (Å²) in [7, 11) is 0. The van der Waals surface area contributed by atoms with Gasteiger partial charge in [-0.05, 0) is 31.0 Å². The fraction of sp³-hybridized carbons (Fsp3) is 0.562. The summed E-state index contributed by atoms with van der Waals surface area (Å²) in [6.45, 7) is 1.98. The highest BCUT2D eigenvalue weighted by atomic mass is 19.3. The number of nitrogens with zero attached hydrogens (tertiary/aromatic N) is 1. The van der Waals surface area contributed by atoms with Crippen LogP contribution in [0.25, 0.3) is 0 Å². The van der Waals surface area contributed by atoms with E-state index in [1.807, 2.05) is 6.92 Å². The molecule has 0 radical (unpaired) electrons. The van der Waals surface area contributed by atoms with Crippen molar-refractivity contribution in [2.45, 2.75) is 43.7 Å². The molecule has 2 heterocycles. The fourth-order valence-corrected chi connectivity index (χ4v) is 3.40. The average molecular weight is 312 g/mol. The van der Waals surface area contributed by atoms with E-state index >= 15 is 0 Å². The van der Waals surface area contributed by atoms with Crippen LogP contribution in [0.4, 0.5) is 13.2 Å². The van der Waals surface area contributed by atoms with Crippen LogP contribution in [0.2, 0.25) is 0 Å². The lowest BCUT2D eigenvalue weighted by molar-refractivity contribution is -0.134. The van der Waals surface area contributed by atoms with E-state index in [4.69, 9.17) is 0 Å². The molecule has 1 amide bonds. The van der Waals surface area contributed by atoms with Crippen LogP contribution in [0, 0.1) is 5.82 Å². The number of alkyl halides is 2. The lowest BCUT2D eigenvalue weighted by Crippen LogP contribution is -2.45. The van der Waals surface area contributed by atoms with Gasteiger partial charge in [-0.1, -0.05) is 12.1 Å². The van der Waals surface area contributed by atoms with Crippen molar-refractivity contribution in [1.82, 2.24) is 10.2 Å². The number of carbonyl (C=O) groups is 1. The largest absolute Gasteiger partial charge is 0.338 e. The lowest BCUT2D eigenvalue weighted by Gasteiger charge is -2.25. The predicted octanol–water partition coefficient (Wildman–Crippen LogP) is 2.53. The first-order valence-electron chi connectivity index (χ1n) is 7.53. The smallest absolute Gasteiger partial charge is 0.262 e. The monoisotopic (exact) mass is 312 g/mol.